The van der Waals surface area contributed by atoms with Gasteiger partial charge in [-0.2, -0.15) is 0 Å². The summed E-state index contributed by atoms with van der Waals surface area (Å²) >= 11 is 5.89. The highest BCUT2D eigenvalue weighted by molar-refractivity contribution is 6.31. The molecular weight excluding hydrogens is 290 g/mol. The number of urea groups is 1. The Balaban J connectivity index is 1.86. The molecule has 1 aliphatic heterocycles. The number of benzene rings is 2. The van der Waals surface area contributed by atoms with Gasteiger partial charge in [-0.25, -0.2) is 4.79 Å². The Labute approximate surface area is 126 Å². The summed E-state index contributed by atoms with van der Waals surface area (Å²) in [6.45, 7) is -0.0244. The van der Waals surface area contributed by atoms with Crippen LogP contribution in [0.2, 0.25) is 5.02 Å². The van der Waals surface area contributed by atoms with Gasteiger partial charge in [0.05, 0.1) is 11.4 Å². The molecule has 2 N–H and O–H groups in total. The molecule has 2 aromatic carbocycles. The van der Waals surface area contributed by atoms with Crippen molar-refractivity contribution in [2.24, 2.45) is 0 Å². The van der Waals surface area contributed by atoms with Crippen molar-refractivity contribution in [3.8, 4) is 0 Å². The van der Waals surface area contributed by atoms with Crippen molar-refractivity contribution >= 4 is 40.6 Å². The molecular formula is C15H12ClN3O2. The summed E-state index contributed by atoms with van der Waals surface area (Å²) in [7, 11) is 0. The van der Waals surface area contributed by atoms with Gasteiger partial charge in [-0.15, -0.1) is 0 Å². The average Bonchev–Trinajstić information content (AvgIpc) is 2.46. The second-order valence-electron chi connectivity index (χ2n) is 4.59. The van der Waals surface area contributed by atoms with Crippen LogP contribution >= 0.6 is 11.6 Å². The number of nitrogens with zero attached hydrogens (tertiary/aromatic N) is 1. The van der Waals surface area contributed by atoms with Gasteiger partial charge >= 0.3 is 6.03 Å². The molecule has 5 nitrogen and oxygen atoms in total. The summed E-state index contributed by atoms with van der Waals surface area (Å²) in [5.41, 5.74) is 1.86. The van der Waals surface area contributed by atoms with Gasteiger partial charge in [0.1, 0.15) is 6.54 Å². The van der Waals surface area contributed by atoms with E-state index in [1.807, 2.05) is 6.07 Å². The highest BCUT2D eigenvalue weighted by Gasteiger charge is 2.26. The maximum Gasteiger partial charge on any atom is 0.326 e. The standard InChI is InChI=1S/C15H12ClN3O2/c16-10-4-3-5-11(8-10)17-15(21)19-9-14(20)18-12-6-1-2-7-13(12)19/h1-8H,9H2,(H,17,21)(H,18,20). The van der Waals surface area contributed by atoms with E-state index < -0.39 is 0 Å². The molecule has 0 saturated carbocycles. The Bertz CT molecular complexity index is 718. The lowest BCUT2D eigenvalue weighted by Crippen LogP contribution is -2.44. The maximum atomic E-state index is 12.4. The molecule has 106 valence electrons. The molecule has 0 radical (unpaired) electrons. The van der Waals surface area contributed by atoms with E-state index in [1.165, 1.54) is 4.90 Å². The lowest BCUT2D eigenvalue weighted by molar-refractivity contribution is -0.115. The van der Waals surface area contributed by atoms with Crippen molar-refractivity contribution < 1.29 is 9.59 Å². The third kappa shape index (κ3) is 2.83. The summed E-state index contributed by atoms with van der Waals surface area (Å²) in [4.78, 5) is 25.5. The van der Waals surface area contributed by atoms with Crippen LogP contribution in [0, 0.1) is 0 Å². The molecule has 1 heterocycles. The Morgan fingerprint density at radius 2 is 2.00 bits per heavy atom. The van der Waals surface area contributed by atoms with Gasteiger partial charge < -0.3 is 10.6 Å². The first kappa shape index (κ1) is 13.5. The van der Waals surface area contributed by atoms with Gasteiger partial charge in [0.15, 0.2) is 0 Å². The van der Waals surface area contributed by atoms with E-state index in [-0.39, 0.29) is 18.5 Å². The van der Waals surface area contributed by atoms with E-state index in [2.05, 4.69) is 10.6 Å². The predicted octanol–water partition coefficient (Wildman–Crippen LogP) is 3.33. The number of carbonyl (C=O) groups excluding carboxylic acids is 2. The molecule has 0 bridgehead atoms. The Morgan fingerprint density at radius 3 is 2.81 bits per heavy atom. The number of para-hydroxylation sites is 2. The fourth-order valence-corrected chi connectivity index (χ4v) is 2.36. The van der Waals surface area contributed by atoms with Crippen molar-refractivity contribution in [3.63, 3.8) is 0 Å². The number of hydrogen-bond acceptors (Lipinski definition) is 2. The van der Waals surface area contributed by atoms with E-state index >= 15 is 0 Å². The molecule has 0 aromatic heterocycles. The zero-order chi connectivity index (χ0) is 14.8. The molecule has 3 amide bonds. The number of fused-ring (bicyclic) bond motifs is 1. The van der Waals surface area contributed by atoms with Crippen LogP contribution in [0.4, 0.5) is 21.9 Å². The molecule has 0 fully saturated rings. The van der Waals surface area contributed by atoms with E-state index in [1.54, 1.807) is 42.5 Å². The monoisotopic (exact) mass is 301 g/mol. The van der Waals surface area contributed by atoms with E-state index in [9.17, 15) is 9.59 Å². The maximum absolute atomic E-state index is 12.4. The van der Waals surface area contributed by atoms with Crippen LogP contribution in [0.15, 0.2) is 48.5 Å². The normalized spacial score (nSPS) is 13.4. The summed E-state index contributed by atoms with van der Waals surface area (Å²) in [5.74, 6) is -0.227. The highest BCUT2D eigenvalue weighted by atomic mass is 35.5. The molecule has 21 heavy (non-hydrogen) atoms. The van der Waals surface area contributed by atoms with E-state index in [0.29, 0.717) is 22.1 Å². The summed E-state index contributed by atoms with van der Waals surface area (Å²) < 4.78 is 0. The molecule has 0 saturated heterocycles. The van der Waals surface area contributed by atoms with Gasteiger partial charge in [0.25, 0.3) is 0 Å². The number of amides is 3. The number of nitrogens with one attached hydrogen (secondary N) is 2. The van der Waals surface area contributed by atoms with Crippen molar-refractivity contribution in [2.45, 2.75) is 0 Å². The van der Waals surface area contributed by atoms with Crippen molar-refractivity contribution in [1.82, 2.24) is 0 Å². The van der Waals surface area contributed by atoms with Gasteiger partial charge in [-0.1, -0.05) is 29.8 Å². The fraction of sp³-hybridized carbons (Fsp3) is 0.0667. The minimum Gasteiger partial charge on any atom is -0.323 e. The molecule has 0 unspecified atom stereocenters. The van der Waals surface area contributed by atoms with E-state index in [4.69, 9.17) is 11.6 Å². The first-order chi connectivity index (χ1) is 10.1. The largest absolute Gasteiger partial charge is 0.326 e. The quantitative estimate of drug-likeness (QED) is 0.848. The third-order valence-corrected chi connectivity index (χ3v) is 3.33. The second-order valence-corrected chi connectivity index (χ2v) is 5.03. The van der Waals surface area contributed by atoms with Crippen LogP contribution in [0.3, 0.4) is 0 Å². The predicted molar refractivity (Wildman–Crippen MR) is 82.9 cm³/mol. The van der Waals surface area contributed by atoms with Gasteiger partial charge in [0, 0.05) is 10.7 Å². The molecule has 0 aliphatic carbocycles. The first-order valence-electron chi connectivity index (χ1n) is 6.36. The Morgan fingerprint density at radius 1 is 1.19 bits per heavy atom. The zero-order valence-corrected chi connectivity index (χ0v) is 11.7. The minimum atomic E-state index is -0.375. The molecule has 3 rings (SSSR count). The molecule has 2 aromatic rings. The SMILES string of the molecule is O=C1CN(C(=O)Nc2cccc(Cl)c2)c2ccccc2N1. The lowest BCUT2D eigenvalue weighted by atomic mass is 10.2. The zero-order valence-electron chi connectivity index (χ0n) is 11.0. The summed E-state index contributed by atoms with van der Waals surface area (Å²) in [6, 6.07) is 13.6. The summed E-state index contributed by atoms with van der Waals surface area (Å²) in [5, 5.41) is 6.00. The third-order valence-electron chi connectivity index (χ3n) is 3.09. The summed E-state index contributed by atoms with van der Waals surface area (Å²) in [6.07, 6.45) is 0. The number of anilines is 3. The number of carbonyl (C=O) groups is 2. The molecule has 0 atom stereocenters. The van der Waals surface area contributed by atoms with Crippen molar-refractivity contribution in [3.05, 3.63) is 53.6 Å². The molecule has 1 aliphatic rings. The number of halogens is 1. The van der Waals surface area contributed by atoms with E-state index in [0.717, 1.165) is 0 Å². The van der Waals surface area contributed by atoms with Crippen LogP contribution in [-0.2, 0) is 4.79 Å². The molecule has 0 spiro atoms. The first-order valence-corrected chi connectivity index (χ1v) is 6.74. The lowest BCUT2D eigenvalue weighted by Gasteiger charge is -2.29. The van der Waals surface area contributed by atoms with Crippen LogP contribution in [-0.4, -0.2) is 18.5 Å². The second kappa shape index (κ2) is 5.46. The van der Waals surface area contributed by atoms with Gasteiger partial charge in [0.2, 0.25) is 5.91 Å². The van der Waals surface area contributed by atoms with Crippen LogP contribution in [0.1, 0.15) is 0 Å². The van der Waals surface area contributed by atoms with Crippen LogP contribution in [0.25, 0.3) is 0 Å². The average molecular weight is 302 g/mol. The van der Waals surface area contributed by atoms with Crippen molar-refractivity contribution in [2.75, 3.05) is 22.1 Å². The van der Waals surface area contributed by atoms with Gasteiger partial charge in [-0.05, 0) is 30.3 Å². The Kier molecular flexibility index (Phi) is 3.50. The molecule has 6 heteroatoms. The Hall–Kier alpha value is -2.53. The van der Waals surface area contributed by atoms with Gasteiger partial charge in [-0.3, -0.25) is 9.69 Å². The van der Waals surface area contributed by atoms with Crippen LogP contribution in [0.5, 0.6) is 0 Å². The fourth-order valence-electron chi connectivity index (χ4n) is 2.17. The minimum absolute atomic E-state index is 0.0244. The number of rotatable bonds is 1. The van der Waals surface area contributed by atoms with Crippen LogP contribution < -0.4 is 15.5 Å². The van der Waals surface area contributed by atoms with Crippen molar-refractivity contribution in [1.29, 1.82) is 0 Å². The number of hydrogen-bond donors (Lipinski definition) is 2. The highest BCUT2D eigenvalue weighted by Crippen LogP contribution is 2.29. The topological polar surface area (TPSA) is 61.4 Å². The smallest absolute Gasteiger partial charge is 0.323 e.